The van der Waals surface area contributed by atoms with Crippen LogP contribution in [0, 0.1) is 6.92 Å². The van der Waals surface area contributed by atoms with Gasteiger partial charge in [0, 0.05) is 0 Å². The predicted molar refractivity (Wildman–Crippen MR) is 109 cm³/mol. The Morgan fingerprint density at radius 1 is 0.931 bits per heavy atom. The van der Waals surface area contributed by atoms with Crippen molar-refractivity contribution < 1.29 is 13.6 Å². The number of aryl methyl sites for hydroxylation is 1. The van der Waals surface area contributed by atoms with Gasteiger partial charge in [-0.3, -0.25) is 0 Å². The number of nitrogens with zero attached hydrogens (tertiary/aromatic N) is 3. The molecule has 0 fully saturated rings. The molecule has 29 heavy (non-hydrogen) atoms. The van der Waals surface area contributed by atoms with Crippen LogP contribution in [0.2, 0.25) is 0 Å². The summed E-state index contributed by atoms with van der Waals surface area (Å²) in [6.07, 6.45) is 1.61. The van der Waals surface area contributed by atoms with Crippen molar-refractivity contribution in [1.29, 1.82) is 0 Å². The number of rotatable bonds is 6. The first-order valence-electron chi connectivity index (χ1n) is 9.40. The highest BCUT2D eigenvalue weighted by Crippen LogP contribution is 2.25. The van der Waals surface area contributed by atoms with E-state index in [0.717, 1.165) is 34.1 Å². The Hall–Kier alpha value is -3.80. The van der Waals surface area contributed by atoms with Crippen LogP contribution in [0.1, 0.15) is 17.3 Å². The fourth-order valence-electron chi connectivity index (χ4n) is 3.31. The van der Waals surface area contributed by atoms with Gasteiger partial charge < -0.3 is 18.1 Å². The smallest absolute Gasteiger partial charge is 0.263 e. The lowest BCUT2D eigenvalue weighted by atomic mass is 10.3. The summed E-state index contributed by atoms with van der Waals surface area (Å²) in [5.74, 6) is 3.49. The highest BCUT2D eigenvalue weighted by Gasteiger charge is 2.17. The van der Waals surface area contributed by atoms with Gasteiger partial charge in [0.2, 0.25) is 0 Å². The third-order valence-corrected chi connectivity index (χ3v) is 4.78. The van der Waals surface area contributed by atoms with E-state index < -0.39 is 0 Å². The first-order chi connectivity index (χ1) is 14.3. The van der Waals surface area contributed by atoms with Crippen molar-refractivity contribution >= 4 is 11.0 Å². The standard InChI is InChI=1S/C23H19N3O3/c1-16-19(25-23(29-16)21-12-7-13-27-21)14-26-20-11-6-5-10-18(20)24-22(26)15-28-17-8-3-2-4-9-17/h2-13H,14-15H2,1H3. The Morgan fingerprint density at radius 2 is 1.76 bits per heavy atom. The molecule has 5 aromatic rings. The van der Waals surface area contributed by atoms with Crippen molar-refractivity contribution in [3.8, 4) is 17.4 Å². The third-order valence-electron chi connectivity index (χ3n) is 4.78. The van der Waals surface area contributed by atoms with E-state index in [2.05, 4.69) is 15.6 Å². The van der Waals surface area contributed by atoms with Gasteiger partial charge in [-0.15, -0.1) is 0 Å². The highest BCUT2D eigenvalue weighted by atomic mass is 16.5. The van der Waals surface area contributed by atoms with Gasteiger partial charge in [-0.1, -0.05) is 30.3 Å². The van der Waals surface area contributed by atoms with Crippen molar-refractivity contribution in [2.24, 2.45) is 0 Å². The normalized spacial score (nSPS) is 11.2. The van der Waals surface area contributed by atoms with E-state index in [1.54, 1.807) is 6.26 Å². The van der Waals surface area contributed by atoms with Crippen LogP contribution in [0.15, 0.2) is 81.8 Å². The van der Waals surface area contributed by atoms with Gasteiger partial charge in [0.05, 0.1) is 23.8 Å². The summed E-state index contributed by atoms with van der Waals surface area (Å²) in [6.45, 7) is 2.80. The van der Waals surface area contributed by atoms with Crippen molar-refractivity contribution in [3.05, 3.63) is 90.3 Å². The topological polar surface area (TPSA) is 66.2 Å². The van der Waals surface area contributed by atoms with Crippen LogP contribution in [-0.2, 0) is 13.2 Å². The predicted octanol–water partition coefficient (Wildman–Crippen LogP) is 5.22. The van der Waals surface area contributed by atoms with Crippen LogP contribution in [0.5, 0.6) is 5.75 Å². The highest BCUT2D eigenvalue weighted by molar-refractivity contribution is 5.76. The molecular formula is C23H19N3O3. The van der Waals surface area contributed by atoms with E-state index in [0.29, 0.717) is 24.8 Å². The number of hydrogen-bond acceptors (Lipinski definition) is 5. The second-order valence-corrected chi connectivity index (χ2v) is 6.70. The van der Waals surface area contributed by atoms with Gasteiger partial charge in [-0.2, -0.15) is 0 Å². The molecule has 144 valence electrons. The minimum atomic E-state index is 0.362. The molecule has 6 heteroatoms. The van der Waals surface area contributed by atoms with Crippen LogP contribution in [0.3, 0.4) is 0 Å². The number of oxazole rings is 1. The largest absolute Gasteiger partial charge is 0.486 e. The average molecular weight is 385 g/mol. The number of aromatic nitrogens is 3. The van der Waals surface area contributed by atoms with Crippen molar-refractivity contribution in [2.45, 2.75) is 20.1 Å². The molecule has 0 atom stereocenters. The second-order valence-electron chi connectivity index (χ2n) is 6.70. The molecule has 3 aromatic heterocycles. The number of fused-ring (bicyclic) bond motifs is 1. The lowest BCUT2D eigenvalue weighted by molar-refractivity contribution is 0.291. The molecule has 0 amide bonds. The Balaban J connectivity index is 1.49. The van der Waals surface area contributed by atoms with Crippen LogP contribution >= 0.6 is 0 Å². The number of benzene rings is 2. The quantitative estimate of drug-likeness (QED) is 0.401. The van der Waals surface area contributed by atoms with Gasteiger partial charge in [0.1, 0.15) is 29.6 Å². The van der Waals surface area contributed by atoms with Crippen molar-refractivity contribution in [1.82, 2.24) is 14.5 Å². The Labute approximate surface area is 167 Å². The second kappa shape index (κ2) is 7.31. The molecule has 0 saturated heterocycles. The molecule has 6 nitrogen and oxygen atoms in total. The fourth-order valence-corrected chi connectivity index (χ4v) is 3.31. The zero-order valence-corrected chi connectivity index (χ0v) is 15.9. The monoisotopic (exact) mass is 385 g/mol. The summed E-state index contributed by atoms with van der Waals surface area (Å²) >= 11 is 0. The zero-order valence-electron chi connectivity index (χ0n) is 15.9. The summed E-state index contributed by atoms with van der Waals surface area (Å²) in [6, 6.07) is 21.4. The number of para-hydroxylation sites is 3. The van der Waals surface area contributed by atoms with Crippen LogP contribution in [0.4, 0.5) is 0 Å². The maximum atomic E-state index is 5.95. The Bertz CT molecular complexity index is 1240. The van der Waals surface area contributed by atoms with E-state index in [1.165, 1.54) is 0 Å². The SMILES string of the molecule is Cc1oc(-c2ccco2)nc1Cn1c(COc2ccccc2)nc2ccccc21. The number of furan rings is 1. The lowest BCUT2D eigenvalue weighted by Crippen LogP contribution is -2.09. The molecule has 0 aliphatic rings. The van der Waals surface area contributed by atoms with E-state index in [-0.39, 0.29) is 0 Å². The maximum Gasteiger partial charge on any atom is 0.263 e. The Kier molecular flexibility index (Phi) is 4.37. The Morgan fingerprint density at radius 3 is 2.59 bits per heavy atom. The van der Waals surface area contributed by atoms with Crippen molar-refractivity contribution in [2.75, 3.05) is 0 Å². The van der Waals surface area contributed by atoms with Gasteiger partial charge >= 0.3 is 0 Å². The van der Waals surface area contributed by atoms with Crippen LogP contribution in [-0.4, -0.2) is 14.5 Å². The molecule has 5 rings (SSSR count). The zero-order chi connectivity index (χ0) is 19.6. The van der Waals surface area contributed by atoms with E-state index in [9.17, 15) is 0 Å². The first kappa shape index (κ1) is 17.3. The van der Waals surface area contributed by atoms with Gasteiger partial charge in [-0.05, 0) is 43.3 Å². The maximum absolute atomic E-state index is 5.95. The van der Waals surface area contributed by atoms with Crippen molar-refractivity contribution in [3.63, 3.8) is 0 Å². The van der Waals surface area contributed by atoms with Gasteiger partial charge in [-0.25, -0.2) is 9.97 Å². The molecular weight excluding hydrogens is 366 g/mol. The van der Waals surface area contributed by atoms with E-state index >= 15 is 0 Å². The molecule has 0 N–H and O–H groups in total. The number of imidazole rings is 1. The molecule has 0 aliphatic heterocycles. The first-order valence-corrected chi connectivity index (χ1v) is 9.40. The van der Waals surface area contributed by atoms with E-state index in [4.69, 9.17) is 18.6 Å². The number of hydrogen-bond donors (Lipinski definition) is 0. The molecule has 2 aromatic carbocycles. The molecule has 0 radical (unpaired) electrons. The van der Waals surface area contributed by atoms with Crippen LogP contribution < -0.4 is 4.74 Å². The van der Waals surface area contributed by atoms with Gasteiger partial charge in [0.15, 0.2) is 5.76 Å². The molecule has 0 spiro atoms. The molecule has 0 unspecified atom stereocenters. The summed E-state index contributed by atoms with van der Waals surface area (Å²) in [5, 5.41) is 0. The van der Waals surface area contributed by atoms with Crippen LogP contribution in [0.25, 0.3) is 22.7 Å². The van der Waals surface area contributed by atoms with E-state index in [1.807, 2.05) is 67.6 Å². The minimum absolute atomic E-state index is 0.362. The summed E-state index contributed by atoms with van der Waals surface area (Å²) in [7, 11) is 0. The molecule has 0 aliphatic carbocycles. The molecule has 0 bridgehead atoms. The third kappa shape index (κ3) is 3.40. The fraction of sp³-hybridized carbons (Fsp3) is 0.130. The summed E-state index contributed by atoms with van der Waals surface area (Å²) < 4.78 is 19.3. The minimum Gasteiger partial charge on any atom is -0.486 e. The molecule has 3 heterocycles. The average Bonchev–Trinajstić information content (AvgIpc) is 3.48. The lowest BCUT2D eigenvalue weighted by Gasteiger charge is -2.09. The summed E-state index contributed by atoms with van der Waals surface area (Å²) in [5.41, 5.74) is 2.79. The molecule has 0 saturated carbocycles. The summed E-state index contributed by atoms with van der Waals surface area (Å²) in [4.78, 5) is 9.41. The number of ether oxygens (including phenoxy) is 1. The van der Waals surface area contributed by atoms with Gasteiger partial charge in [0.25, 0.3) is 5.89 Å².